The van der Waals surface area contributed by atoms with Crippen molar-refractivity contribution < 1.29 is 0 Å². The molecule has 0 atom stereocenters. The molecule has 4 nitrogen and oxygen atoms in total. The molecule has 0 aliphatic heterocycles. The Labute approximate surface area is 95.0 Å². The van der Waals surface area contributed by atoms with Crippen LogP contribution in [0.3, 0.4) is 0 Å². The molecule has 1 heterocycles. The van der Waals surface area contributed by atoms with E-state index in [0.717, 1.165) is 13.0 Å². The van der Waals surface area contributed by atoms with Gasteiger partial charge in [-0.15, -0.1) is 0 Å². The highest BCUT2D eigenvalue weighted by atomic mass is 15.0. The van der Waals surface area contributed by atoms with Crippen LogP contribution in [0.25, 0.3) is 0 Å². The zero-order valence-corrected chi connectivity index (χ0v) is 9.11. The summed E-state index contributed by atoms with van der Waals surface area (Å²) in [6.45, 7) is 0.819. The molecule has 0 radical (unpaired) electrons. The van der Waals surface area contributed by atoms with Crippen LogP contribution in [0.5, 0.6) is 0 Å². The number of nitrogens with one attached hydrogen (secondary N) is 1. The second-order valence-electron chi connectivity index (χ2n) is 3.80. The second kappa shape index (κ2) is 5.26. The average molecular weight is 214 g/mol. The lowest BCUT2D eigenvalue weighted by atomic mass is 10.2. The van der Waals surface area contributed by atoms with Crippen molar-refractivity contribution in [3.8, 4) is 6.07 Å². The number of aromatic nitrogens is 2. The fourth-order valence-electron chi connectivity index (χ4n) is 1.86. The van der Waals surface area contributed by atoms with Gasteiger partial charge >= 0.3 is 0 Å². The van der Waals surface area contributed by atoms with Crippen molar-refractivity contribution in [3.63, 3.8) is 0 Å². The van der Waals surface area contributed by atoms with Crippen molar-refractivity contribution in [2.45, 2.75) is 25.7 Å². The molecule has 1 aromatic rings. The number of allylic oxidation sites excluding steroid dienone is 1. The smallest absolute Gasteiger partial charge is 0.182 e. The zero-order valence-electron chi connectivity index (χ0n) is 9.11. The molecule has 16 heavy (non-hydrogen) atoms. The van der Waals surface area contributed by atoms with E-state index in [1.807, 2.05) is 6.07 Å². The van der Waals surface area contributed by atoms with Crippen molar-refractivity contribution in [2.75, 3.05) is 11.9 Å². The van der Waals surface area contributed by atoms with Crippen molar-refractivity contribution in [2.24, 2.45) is 0 Å². The third kappa shape index (κ3) is 2.57. The molecule has 0 aromatic carbocycles. The predicted molar refractivity (Wildman–Crippen MR) is 61.8 cm³/mol. The number of hydrogen-bond acceptors (Lipinski definition) is 4. The number of anilines is 1. The monoisotopic (exact) mass is 214 g/mol. The summed E-state index contributed by atoms with van der Waals surface area (Å²) in [7, 11) is 0. The fourth-order valence-corrected chi connectivity index (χ4v) is 1.86. The van der Waals surface area contributed by atoms with Gasteiger partial charge in [-0.3, -0.25) is 0 Å². The Kier molecular flexibility index (Phi) is 3.50. The first-order valence-corrected chi connectivity index (χ1v) is 5.53. The molecule has 0 bridgehead atoms. The van der Waals surface area contributed by atoms with Crippen LogP contribution in [-0.2, 0) is 0 Å². The number of hydrogen-bond donors (Lipinski definition) is 1. The molecular weight excluding hydrogens is 200 g/mol. The minimum atomic E-state index is 0.364. The summed E-state index contributed by atoms with van der Waals surface area (Å²) in [5.74, 6) is 0.587. The van der Waals surface area contributed by atoms with Gasteiger partial charge in [0.05, 0.1) is 0 Å². The van der Waals surface area contributed by atoms with Crippen molar-refractivity contribution in [3.05, 3.63) is 29.7 Å². The lowest BCUT2D eigenvalue weighted by Crippen LogP contribution is -2.06. The highest BCUT2D eigenvalue weighted by molar-refractivity contribution is 5.46. The van der Waals surface area contributed by atoms with Gasteiger partial charge in [-0.1, -0.05) is 11.6 Å². The summed E-state index contributed by atoms with van der Waals surface area (Å²) in [4.78, 5) is 8.04. The molecule has 1 N–H and O–H groups in total. The summed E-state index contributed by atoms with van der Waals surface area (Å²) in [5.41, 5.74) is 1.87. The standard InChI is InChI=1S/C12H14N4/c13-9-11-12(16-8-7-14-11)15-6-5-10-3-1-2-4-10/h3,7-8H,1-2,4-6H2,(H,15,16). The first-order chi connectivity index (χ1) is 7.90. The lowest BCUT2D eigenvalue weighted by molar-refractivity contribution is 0.861. The quantitative estimate of drug-likeness (QED) is 0.781. The number of rotatable bonds is 4. The van der Waals surface area contributed by atoms with Crippen LogP contribution >= 0.6 is 0 Å². The third-order valence-corrected chi connectivity index (χ3v) is 2.68. The van der Waals surface area contributed by atoms with E-state index in [1.165, 1.54) is 31.0 Å². The SMILES string of the molecule is N#Cc1nccnc1NCCC1=CCCC1. The lowest BCUT2D eigenvalue weighted by Gasteiger charge is -2.06. The van der Waals surface area contributed by atoms with Gasteiger partial charge < -0.3 is 5.32 Å². The van der Waals surface area contributed by atoms with Crippen molar-refractivity contribution >= 4 is 5.82 Å². The molecule has 4 heteroatoms. The van der Waals surface area contributed by atoms with E-state index < -0.39 is 0 Å². The molecule has 0 saturated carbocycles. The average Bonchev–Trinajstić information content (AvgIpc) is 2.83. The van der Waals surface area contributed by atoms with E-state index in [9.17, 15) is 0 Å². The third-order valence-electron chi connectivity index (χ3n) is 2.68. The Bertz CT molecular complexity index is 431. The molecule has 0 amide bonds. The normalized spacial score (nSPS) is 14.3. The van der Waals surface area contributed by atoms with E-state index in [4.69, 9.17) is 5.26 Å². The van der Waals surface area contributed by atoms with Gasteiger partial charge in [0.25, 0.3) is 0 Å². The van der Waals surface area contributed by atoms with Crippen LogP contribution in [-0.4, -0.2) is 16.5 Å². The molecule has 82 valence electrons. The highest BCUT2D eigenvalue weighted by Crippen LogP contribution is 2.20. The van der Waals surface area contributed by atoms with Gasteiger partial charge in [0.15, 0.2) is 11.5 Å². The van der Waals surface area contributed by atoms with Crippen LogP contribution in [0.2, 0.25) is 0 Å². The first kappa shape index (κ1) is 10.6. The van der Waals surface area contributed by atoms with Crippen LogP contribution < -0.4 is 5.32 Å². The molecule has 1 aromatic heterocycles. The Morgan fingerprint density at radius 3 is 3.00 bits per heavy atom. The fraction of sp³-hybridized carbons (Fsp3) is 0.417. The summed E-state index contributed by atoms with van der Waals surface area (Å²) >= 11 is 0. The minimum absolute atomic E-state index is 0.364. The Balaban J connectivity index is 1.87. The Morgan fingerprint density at radius 2 is 2.25 bits per heavy atom. The van der Waals surface area contributed by atoms with Crippen molar-refractivity contribution in [1.29, 1.82) is 5.26 Å². The van der Waals surface area contributed by atoms with Crippen LogP contribution in [0, 0.1) is 11.3 Å². The van der Waals surface area contributed by atoms with Gasteiger partial charge in [-0.25, -0.2) is 9.97 Å². The molecule has 0 fully saturated rings. The second-order valence-corrected chi connectivity index (χ2v) is 3.80. The van der Waals surface area contributed by atoms with Gasteiger partial charge in [0.1, 0.15) is 6.07 Å². The van der Waals surface area contributed by atoms with E-state index in [2.05, 4.69) is 21.4 Å². The Hall–Kier alpha value is -1.89. The van der Waals surface area contributed by atoms with Gasteiger partial charge in [0.2, 0.25) is 0 Å². The van der Waals surface area contributed by atoms with Crippen LogP contribution in [0.15, 0.2) is 24.0 Å². The maximum absolute atomic E-state index is 8.83. The van der Waals surface area contributed by atoms with E-state index >= 15 is 0 Å². The maximum atomic E-state index is 8.83. The van der Waals surface area contributed by atoms with Gasteiger partial charge in [-0.05, 0) is 25.7 Å². The minimum Gasteiger partial charge on any atom is -0.367 e. The van der Waals surface area contributed by atoms with Gasteiger partial charge in [0, 0.05) is 18.9 Å². The molecule has 0 spiro atoms. The molecule has 1 aliphatic rings. The molecule has 0 saturated heterocycles. The first-order valence-electron chi connectivity index (χ1n) is 5.53. The largest absolute Gasteiger partial charge is 0.367 e. The molecule has 1 aliphatic carbocycles. The summed E-state index contributed by atoms with van der Waals surface area (Å²) in [6.07, 6.45) is 10.2. The maximum Gasteiger partial charge on any atom is 0.182 e. The molecule has 0 unspecified atom stereocenters. The van der Waals surface area contributed by atoms with E-state index in [1.54, 1.807) is 6.20 Å². The summed E-state index contributed by atoms with van der Waals surface area (Å²) in [5, 5.41) is 12.0. The van der Waals surface area contributed by atoms with Gasteiger partial charge in [-0.2, -0.15) is 5.26 Å². The summed E-state index contributed by atoms with van der Waals surface area (Å²) in [6, 6.07) is 2.02. The number of nitriles is 1. The predicted octanol–water partition coefficient (Wildman–Crippen LogP) is 2.26. The highest BCUT2D eigenvalue weighted by Gasteiger charge is 2.06. The molecule has 2 rings (SSSR count). The van der Waals surface area contributed by atoms with Crippen LogP contribution in [0.4, 0.5) is 5.82 Å². The topological polar surface area (TPSA) is 61.6 Å². The van der Waals surface area contributed by atoms with Crippen molar-refractivity contribution in [1.82, 2.24) is 9.97 Å². The summed E-state index contributed by atoms with van der Waals surface area (Å²) < 4.78 is 0. The van der Waals surface area contributed by atoms with E-state index in [0.29, 0.717) is 11.5 Å². The molecular formula is C12H14N4. The van der Waals surface area contributed by atoms with Crippen LogP contribution in [0.1, 0.15) is 31.4 Å². The number of nitrogens with zero attached hydrogens (tertiary/aromatic N) is 3. The zero-order chi connectivity index (χ0) is 11.2. The Morgan fingerprint density at radius 1 is 1.38 bits per heavy atom. The van der Waals surface area contributed by atoms with E-state index in [-0.39, 0.29) is 0 Å².